The number of carbonyl (C=O) groups is 2. The van der Waals surface area contributed by atoms with Gasteiger partial charge in [0, 0.05) is 29.3 Å². The van der Waals surface area contributed by atoms with E-state index in [9.17, 15) is 14.0 Å². The second-order valence-electron chi connectivity index (χ2n) is 8.01. The van der Waals surface area contributed by atoms with E-state index < -0.39 is 11.5 Å². The van der Waals surface area contributed by atoms with Crippen molar-refractivity contribution in [3.05, 3.63) is 101 Å². The Morgan fingerprint density at radius 3 is 2.40 bits per heavy atom. The average Bonchev–Trinajstić information content (AvgIpc) is 3.24. The van der Waals surface area contributed by atoms with Crippen LogP contribution < -0.4 is 5.32 Å². The molecular formula is C25H21FN2O2. The number of Topliss-reactive ketones (excluding diaryl/α,β-unsaturated/α-hetero) is 1. The maximum Gasteiger partial charge on any atom is 0.250 e. The van der Waals surface area contributed by atoms with Crippen LogP contribution in [0.4, 0.5) is 10.1 Å². The van der Waals surface area contributed by atoms with E-state index in [1.54, 1.807) is 24.3 Å². The Morgan fingerprint density at radius 1 is 1.00 bits per heavy atom. The predicted molar refractivity (Wildman–Crippen MR) is 113 cm³/mol. The number of rotatable bonds is 3. The van der Waals surface area contributed by atoms with Crippen molar-refractivity contribution in [2.75, 3.05) is 18.9 Å². The summed E-state index contributed by atoms with van der Waals surface area (Å²) < 4.78 is 13.6. The average molecular weight is 400 g/mol. The maximum absolute atomic E-state index is 13.9. The van der Waals surface area contributed by atoms with Crippen LogP contribution in [-0.4, -0.2) is 30.2 Å². The first-order valence-electron chi connectivity index (χ1n) is 10.0. The minimum absolute atomic E-state index is 0.0823. The Labute approximate surface area is 174 Å². The van der Waals surface area contributed by atoms with Gasteiger partial charge < -0.3 is 5.32 Å². The zero-order valence-electron chi connectivity index (χ0n) is 16.5. The fourth-order valence-electron chi connectivity index (χ4n) is 5.19. The first-order valence-corrected chi connectivity index (χ1v) is 10.0. The summed E-state index contributed by atoms with van der Waals surface area (Å²) in [7, 11) is 1.89. The van der Waals surface area contributed by atoms with Crippen LogP contribution in [0.1, 0.15) is 27.4 Å². The van der Waals surface area contributed by atoms with E-state index in [0.29, 0.717) is 12.1 Å². The summed E-state index contributed by atoms with van der Waals surface area (Å²) in [5.41, 5.74) is 1.87. The van der Waals surface area contributed by atoms with Crippen LogP contribution in [0.2, 0.25) is 0 Å². The number of benzene rings is 3. The lowest BCUT2D eigenvalue weighted by atomic mass is 9.70. The van der Waals surface area contributed by atoms with Crippen LogP contribution in [-0.2, 0) is 10.3 Å². The Balaban J connectivity index is 1.73. The van der Waals surface area contributed by atoms with Gasteiger partial charge in [-0.2, -0.15) is 0 Å². The molecule has 0 unspecified atom stereocenters. The summed E-state index contributed by atoms with van der Waals surface area (Å²) in [6, 6.07) is 22.9. The fourth-order valence-corrected chi connectivity index (χ4v) is 5.19. The van der Waals surface area contributed by atoms with Crippen LogP contribution in [0.25, 0.3) is 0 Å². The van der Waals surface area contributed by atoms with Crippen LogP contribution in [0.5, 0.6) is 0 Å². The van der Waals surface area contributed by atoms with Crippen molar-refractivity contribution in [3.8, 4) is 0 Å². The van der Waals surface area contributed by atoms with Crippen molar-refractivity contribution >= 4 is 17.4 Å². The molecule has 0 aliphatic carbocycles. The van der Waals surface area contributed by atoms with Gasteiger partial charge >= 0.3 is 0 Å². The van der Waals surface area contributed by atoms with Gasteiger partial charge in [0.05, 0.1) is 5.92 Å². The molecule has 2 aliphatic heterocycles. The summed E-state index contributed by atoms with van der Waals surface area (Å²) in [5, 5.41) is 2.99. The molecule has 3 aromatic carbocycles. The summed E-state index contributed by atoms with van der Waals surface area (Å²) in [5.74, 6) is -1.49. The highest BCUT2D eigenvalue weighted by molar-refractivity contribution is 6.12. The van der Waals surface area contributed by atoms with Gasteiger partial charge in [0.25, 0.3) is 0 Å². The van der Waals surface area contributed by atoms with Gasteiger partial charge in [-0.15, -0.1) is 0 Å². The first-order chi connectivity index (χ1) is 14.5. The van der Waals surface area contributed by atoms with Gasteiger partial charge in [0.1, 0.15) is 11.4 Å². The number of hydrogen-bond donors (Lipinski definition) is 1. The van der Waals surface area contributed by atoms with Crippen LogP contribution in [0.15, 0.2) is 78.9 Å². The number of hydrogen-bond acceptors (Lipinski definition) is 3. The third kappa shape index (κ3) is 2.55. The molecule has 0 saturated carbocycles. The van der Waals surface area contributed by atoms with E-state index in [0.717, 1.165) is 16.8 Å². The Bertz CT molecular complexity index is 1130. The van der Waals surface area contributed by atoms with Gasteiger partial charge in [0.15, 0.2) is 5.78 Å². The highest BCUT2D eigenvalue weighted by atomic mass is 19.1. The van der Waals surface area contributed by atoms with E-state index in [1.807, 2.05) is 54.4 Å². The summed E-state index contributed by atoms with van der Waals surface area (Å²) in [6.07, 6.45) is 0. The lowest BCUT2D eigenvalue weighted by Gasteiger charge is -2.35. The zero-order chi connectivity index (χ0) is 20.9. The number of amides is 1. The van der Waals surface area contributed by atoms with Gasteiger partial charge in [-0.05, 0) is 30.8 Å². The molecule has 30 heavy (non-hydrogen) atoms. The minimum atomic E-state index is -1.11. The Morgan fingerprint density at radius 2 is 1.67 bits per heavy atom. The topological polar surface area (TPSA) is 49.4 Å². The molecule has 1 spiro atoms. The summed E-state index contributed by atoms with van der Waals surface area (Å²) in [6.45, 7) is 0.511. The Kier molecular flexibility index (Phi) is 4.29. The van der Waals surface area contributed by atoms with Crippen molar-refractivity contribution in [3.63, 3.8) is 0 Å². The largest absolute Gasteiger partial charge is 0.324 e. The standard InChI is InChI=1S/C25H21FN2O2/c1-28-15-19(16-11-13-18(26)14-12-16)22(23(29)17-7-3-2-4-8-17)25(28)20-9-5-6-10-21(20)27-24(25)30/h2-14,19,22H,15H2,1H3,(H,27,30)/t19-,22-,25+/m1/s1. The predicted octanol–water partition coefficient (Wildman–Crippen LogP) is 4.20. The molecule has 1 fully saturated rings. The molecule has 0 bridgehead atoms. The lowest BCUT2D eigenvalue weighted by molar-refractivity contribution is -0.126. The van der Waals surface area contributed by atoms with Gasteiger partial charge in [-0.1, -0.05) is 60.7 Å². The molecule has 2 heterocycles. The number of nitrogens with zero attached hydrogens (tertiary/aromatic N) is 1. The number of halogens is 1. The molecule has 5 rings (SSSR count). The molecule has 3 atom stereocenters. The number of carbonyl (C=O) groups excluding carboxylic acids is 2. The van der Waals surface area contributed by atoms with E-state index in [4.69, 9.17) is 0 Å². The molecule has 150 valence electrons. The van der Waals surface area contributed by atoms with Gasteiger partial charge in [-0.3, -0.25) is 14.5 Å². The molecule has 5 heteroatoms. The van der Waals surface area contributed by atoms with E-state index >= 15 is 0 Å². The number of likely N-dealkylation sites (N-methyl/N-ethyl adjacent to an activating group) is 1. The number of likely N-dealkylation sites (tertiary alicyclic amines) is 1. The number of ketones is 1. The molecule has 3 aromatic rings. The van der Waals surface area contributed by atoms with Crippen LogP contribution >= 0.6 is 0 Å². The summed E-state index contributed by atoms with van der Waals surface area (Å²) >= 11 is 0. The fraction of sp³-hybridized carbons (Fsp3) is 0.200. The molecular weight excluding hydrogens is 379 g/mol. The third-order valence-electron chi connectivity index (χ3n) is 6.50. The highest BCUT2D eigenvalue weighted by Crippen LogP contribution is 2.55. The van der Waals surface area contributed by atoms with Gasteiger partial charge in [-0.25, -0.2) is 4.39 Å². The summed E-state index contributed by atoms with van der Waals surface area (Å²) in [4.78, 5) is 29.3. The second kappa shape index (κ2) is 6.89. The number of fused-ring (bicyclic) bond motifs is 2. The van der Waals surface area contributed by atoms with E-state index in [1.165, 1.54) is 12.1 Å². The van der Waals surface area contributed by atoms with Crippen molar-refractivity contribution < 1.29 is 14.0 Å². The lowest BCUT2D eigenvalue weighted by Crippen LogP contribution is -2.51. The van der Waals surface area contributed by atoms with Crippen molar-refractivity contribution in [1.82, 2.24) is 4.90 Å². The smallest absolute Gasteiger partial charge is 0.250 e. The quantitative estimate of drug-likeness (QED) is 0.671. The van der Waals surface area contributed by atoms with E-state index in [2.05, 4.69) is 5.32 Å². The van der Waals surface area contributed by atoms with Crippen LogP contribution in [0, 0.1) is 11.7 Å². The first kappa shape index (κ1) is 18.7. The van der Waals surface area contributed by atoms with Crippen molar-refractivity contribution in [2.45, 2.75) is 11.5 Å². The SMILES string of the molecule is CN1C[C@H](c2ccc(F)cc2)[C@H](C(=O)c2ccccc2)[C@@]12C(=O)Nc1ccccc12. The molecule has 0 aromatic heterocycles. The van der Waals surface area contributed by atoms with Gasteiger partial charge in [0.2, 0.25) is 5.91 Å². The molecule has 1 saturated heterocycles. The highest BCUT2D eigenvalue weighted by Gasteiger charge is 2.64. The number of nitrogens with one attached hydrogen (secondary N) is 1. The molecule has 0 radical (unpaired) electrons. The third-order valence-corrected chi connectivity index (χ3v) is 6.50. The molecule has 2 aliphatic rings. The zero-order valence-corrected chi connectivity index (χ0v) is 16.5. The van der Waals surface area contributed by atoms with E-state index in [-0.39, 0.29) is 23.4 Å². The molecule has 1 amide bonds. The normalized spacial score (nSPS) is 25.3. The van der Waals surface area contributed by atoms with Crippen LogP contribution in [0.3, 0.4) is 0 Å². The Hall–Kier alpha value is -3.31. The maximum atomic E-state index is 13.9. The molecule has 4 nitrogen and oxygen atoms in total. The number of anilines is 1. The molecule has 1 N–H and O–H groups in total. The second-order valence-corrected chi connectivity index (χ2v) is 8.01. The van der Waals surface area contributed by atoms with Crippen molar-refractivity contribution in [2.24, 2.45) is 5.92 Å². The monoisotopic (exact) mass is 400 g/mol. The number of para-hydroxylation sites is 1. The van der Waals surface area contributed by atoms with Crippen molar-refractivity contribution in [1.29, 1.82) is 0 Å². The minimum Gasteiger partial charge on any atom is -0.324 e.